The molecule has 1 aromatic carbocycles. The van der Waals surface area contributed by atoms with Crippen LogP contribution in [0.4, 0.5) is 10.1 Å². The van der Waals surface area contributed by atoms with Crippen molar-refractivity contribution in [3.63, 3.8) is 0 Å². The molecule has 2 bridgehead atoms. The predicted octanol–water partition coefficient (Wildman–Crippen LogP) is 1.73. The van der Waals surface area contributed by atoms with Crippen LogP contribution in [0.1, 0.15) is 26.2 Å². The van der Waals surface area contributed by atoms with Crippen LogP contribution in [0.15, 0.2) is 24.3 Å². The number of fused-ring (bicyclic) bond motifs is 5. The van der Waals surface area contributed by atoms with Crippen LogP contribution in [0.5, 0.6) is 0 Å². The smallest absolute Gasteiger partial charge is 0.329 e. The number of halogens is 1. The number of amides is 3. The van der Waals surface area contributed by atoms with Crippen LogP contribution < -0.4 is 5.32 Å². The van der Waals surface area contributed by atoms with Gasteiger partial charge in [0.2, 0.25) is 11.8 Å². The third-order valence-corrected chi connectivity index (χ3v) is 6.16. The molecule has 1 aliphatic heterocycles. The van der Waals surface area contributed by atoms with Crippen LogP contribution in [0.3, 0.4) is 0 Å². The number of esters is 1. The van der Waals surface area contributed by atoms with E-state index in [2.05, 4.69) is 5.32 Å². The molecular weight excluding hydrogens is 367 g/mol. The Labute approximate surface area is 161 Å². The average Bonchev–Trinajstić information content (AvgIpc) is 3.35. The summed E-state index contributed by atoms with van der Waals surface area (Å²) in [5.74, 6) is -2.54. The van der Waals surface area contributed by atoms with Gasteiger partial charge in [0.15, 0.2) is 6.61 Å². The summed E-state index contributed by atoms with van der Waals surface area (Å²) in [6.07, 6.45) is 2.84. The standard InChI is InChI=1S/C20H21FN2O5/c1-10(20(27)28-9-15(24)22-14-6-4-13(21)5-7-14)23-18(25)16-11-2-3-12(8-11)17(16)19(23)26/h4-7,10-12,16-17H,2-3,8-9H2,1H3,(H,22,24)/t10-,11+,12+,16-,17+/m0/s1. The molecule has 7 nitrogen and oxygen atoms in total. The van der Waals surface area contributed by atoms with Crippen molar-refractivity contribution in [2.24, 2.45) is 23.7 Å². The number of carbonyl (C=O) groups excluding carboxylic acids is 4. The summed E-state index contributed by atoms with van der Waals surface area (Å²) in [5.41, 5.74) is 0.365. The molecule has 1 aromatic rings. The highest BCUT2D eigenvalue weighted by Gasteiger charge is 2.62. The third kappa shape index (κ3) is 3.06. The van der Waals surface area contributed by atoms with Gasteiger partial charge in [0.1, 0.15) is 11.9 Å². The zero-order chi connectivity index (χ0) is 20.0. The van der Waals surface area contributed by atoms with Crippen LogP contribution in [0, 0.1) is 29.5 Å². The number of benzene rings is 1. The maximum atomic E-state index is 12.9. The van der Waals surface area contributed by atoms with E-state index in [1.54, 1.807) is 0 Å². The minimum Gasteiger partial charge on any atom is -0.454 e. The quantitative estimate of drug-likeness (QED) is 0.613. The van der Waals surface area contributed by atoms with Crippen molar-refractivity contribution in [3.05, 3.63) is 30.1 Å². The van der Waals surface area contributed by atoms with Crippen molar-refractivity contribution in [1.82, 2.24) is 4.90 Å². The Balaban J connectivity index is 1.33. The molecule has 28 heavy (non-hydrogen) atoms. The lowest BCUT2D eigenvalue weighted by Gasteiger charge is -2.23. The topological polar surface area (TPSA) is 92.8 Å². The highest BCUT2D eigenvalue weighted by Crippen LogP contribution is 2.56. The number of ether oxygens (including phenoxy) is 1. The molecule has 0 aromatic heterocycles. The van der Waals surface area contributed by atoms with E-state index in [4.69, 9.17) is 4.74 Å². The summed E-state index contributed by atoms with van der Waals surface area (Å²) in [5, 5.41) is 2.47. The van der Waals surface area contributed by atoms with Gasteiger partial charge in [0, 0.05) is 5.69 Å². The number of likely N-dealkylation sites (tertiary alicyclic amines) is 1. The minimum atomic E-state index is -1.07. The maximum Gasteiger partial charge on any atom is 0.329 e. The lowest BCUT2D eigenvalue weighted by atomic mass is 9.81. The van der Waals surface area contributed by atoms with Gasteiger partial charge in [0.25, 0.3) is 5.91 Å². The summed E-state index contributed by atoms with van der Waals surface area (Å²) in [6, 6.07) is 4.08. The molecule has 148 valence electrons. The molecule has 0 spiro atoms. The summed E-state index contributed by atoms with van der Waals surface area (Å²) < 4.78 is 17.9. The highest BCUT2D eigenvalue weighted by atomic mass is 19.1. The number of rotatable bonds is 5. The first-order valence-electron chi connectivity index (χ1n) is 9.45. The maximum absolute atomic E-state index is 12.9. The molecule has 0 radical (unpaired) electrons. The average molecular weight is 388 g/mol. The van der Waals surface area contributed by atoms with Gasteiger partial charge in [-0.25, -0.2) is 9.18 Å². The fourth-order valence-corrected chi connectivity index (χ4v) is 4.91. The van der Waals surface area contributed by atoms with Crippen LogP contribution in [-0.4, -0.2) is 41.2 Å². The molecule has 8 heteroatoms. The second-order valence-corrected chi connectivity index (χ2v) is 7.77. The fourth-order valence-electron chi connectivity index (χ4n) is 4.91. The molecule has 4 rings (SSSR count). The van der Waals surface area contributed by atoms with Crippen molar-refractivity contribution in [1.29, 1.82) is 0 Å². The van der Waals surface area contributed by atoms with Gasteiger partial charge in [-0.1, -0.05) is 0 Å². The first-order valence-corrected chi connectivity index (χ1v) is 9.45. The molecule has 3 amide bonds. The number of imide groups is 1. The fraction of sp³-hybridized carbons (Fsp3) is 0.500. The van der Waals surface area contributed by atoms with Crippen molar-refractivity contribution in [3.8, 4) is 0 Å². The Bertz CT molecular complexity index is 812. The Morgan fingerprint density at radius 1 is 1.14 bits per heavy atom. The Kier molecular flexibility index (Phi) is 4.64. The van der Waals surface area contributed by atoms with Gasteiger partial charge in [-0.2, -0.15) is 0 Å². The lowest BCUT2D eigenvalue weighted by Crippen LogP contribution is -2.45. The van der Waals surface area contributed by atoms with Crippen molar-refractivity contribution >= 4 is 29.4 Å². The number of carbonyl (C=O) groups is 4. The van der Waals surface area contributed by atoms with Crippen LogP contribution in [0.2, 0.25) is 0 Å². The van der Waals surface area contributed by atoms with Crippen molar-refractivity contribution in [2.75, 3.05) is 11.9 Å². The second-order valence-electron chi connectivity index (χ2n) is 7.77. The molecule has 3 fully saturated rings. The molecule has 3 aliphatic rings. The first kappa shape index (κ1) is 18.6. The number of anilines is 1. The monoisotopic (exact) mass is 388 g/mol. The number of nitrogens with one attached hydrogen (secondary N) is 1. The van der Waals surface area contributed by atoms with Gasteiger partial charge >= 0.3 is 5.97 Å². The summed E-state index contributed by atoms with van der Waals surface area (Å²) in [6.45, 7) is 0.883. The van der Waals surface area contributed by atoms with E-state index < -0.39 is 30.3 Å². The van der Waals surface area contributed by atoms with E-state index in [-0.39, 0.29) is 35.5 Å². The predicted molar refractivity (Wildman–Crippen MR) is 95.1 cm³/mol. The van der Waals surface area contributed by atoms with E-state index in [9.17, 15) is 23.6 Å². The van der Waals surface area contributed by atoms with Gasteiger partial charge in [0.05, 0.1) is 11.8 Å². The van der Waals surface area contributed by atoms with Crippen LogP contribution in [-0.2, 0) is 23.9 Å². The summed E-state index contributed by atoms with van der Waals surface area (Å²) in [7, 11) is 0. The van der Waals surface area contributed by atoms with Crippen LogP contribution in [0.25, 0.3) is 0 Å². The van der Waals surface area contributed by atoms with Crippen molar-refractivity contribution in [2.45, 2.75) is 32.2 Å². The van der Waals surface area contributed by atoms with Crippen molar-refractivity contribution < 1.29 is 28.3 Å². The molecular formula is C20H21FN2O5. The zero-order valence-corrected chi connectivity index (χ0v) is 15.4. The molecule has 2 saturated carbocycles. The summed E-state index contributed by atoms with van der Waals surface area (Å²) >= 11 is 0. The molecule has 2 aliphatic carbocycles. The molecule has 1 heterocycles. The number of hydrogen-bond donors (Lipinski definition) is 1. The van der Waals surface area contributed by atoms with Gasteiger partial charge in [-0.15, -0.1) is 0 Å². The van der Waals surface area contributed by atoms with Crippen LogP contribution >= 0.6 is 0 Å². The third-order valence-electron chi connectivity index (χ3n) is 6.16. The minimum absolute atomic E-state index is 0.237. The molecule has 0 unspecified atom stereocenters. The number of hydrogen-bond acceptors (Lipinski definition) is 5. The molecule has 1 N–H and O–H groups in total. The normalized spacial score (nSPS) is 29.0. The molecule has 1 saturated heterocycles. The van der Waals surface area contributed by atoms with Gasteiger partial charge < -0.3 is 10.1 Å². The van der Waals surface area contributed by atoms with E-state index in [1.165, 1.54) is 31.2 Å². The first-order chi connectivity index (χ1) is 13.4. The highest BCUT2D eigenvalue weighted by molar-refractivity contribution is 6.08. The van der Waals surface area contributed by atoms with Gasteiger partial charge in [-0.05, 0) is 62.3 Å². The largest absolute Gasteiger partial charge is 0.454 e. The zero-order valence-electron chi connectivity index (χ0n) is 15.4. The van der Waals surface area contributed by atoms with E-state index in [0.29, 0.717) is 5.69 Å². The SMILES string of the molecule is C[C@@H](C(=O)OCC(=O)Nc1ccc(F)cc1)N1C(=O)[C@@H]2[C@@H]3CC[C@H](C3)[C@@H]2C1=O. The van der Waals surface area contributed by atoms with E-state index in [1.807, 2.05) is 0 Å². The number of nitrogens with zero attached hydrogens (tertiary/aromatic N) is 1. The van der Waals surface area contributed by atoms with Gasteiger partial charge in [-0.3, -0.25) is 19.3 Å². The Hall–Kier alpha value is -2.77. The lowest BCUT2D eigenvalue weighted by molar-refractivity contribution is -0.159. The van der Waals surface area contributed by atoms with E-state index in [0.717, 1.165) is 24.2 Å². The molecule has 5 atom stereocenters. The Morgan fingerprint density at radius 2 is 1.71 bits per heavy atom. The second kappa shape index (κ2) is 7.00. The Morgan fingerprint density at radius 3 is 2.29 bits per heavy atom. The van der Waals surface area contributed by atoms with E-state index >= 15 is 0 Å². The summed E-state index contributed by atoms with van der Waals surface area (Å²) in [4.78, 5) is 50.7.